The van der Waals surface area contributed by atoms with Gasteiger partial charge in [-0.3, -0.25) is 9.63 Å². The Kier molecular flexibility index (Phi) is 6.26. The zero-order valence-electron chi connectivity index (χ0n) is 8.65. The Balaban J connectivity index is 3.64. The Hall–Kier alpha value is -0.820. The fourth-order valence-corrected chi connectivity index (χ4v) is 0.703. The topological polar surface area (TPSA) is 50.4 Å². The molecule has 0 bridgehead atoms. The van der Waals surface area contributed by atoms with Crippen molar-refractivity contribution in [3.05, 3.63) is 0 Å². The molecule has 4 nitrogen and oxygen atoms in total. The largest absolute Gasteiger partial charge is 0.413 e. The van der Waals surface area contributed by atoms with Crippen LogP contribution in [0.4, 0.5) is 13.2 Å². The molecule has 2 N–H and O–H groups in total. The number of hydrogen-bond acceptors (Lipinski definition) is 3. The fourth-order valence-electron chi connectivity index (χ4n) is 0.703. The standard InChI is InChI=1S/C8H15F3N2O2/c1-3-4-12-7(14)6(2)13-15-5-8(9,10)11/h6,13H,3-5H2,1-2H3,(H,12,14). The van der Waals surface area contributed by atoms with Crippen LogP contribution in [0.3, 0.4) is 0 Å². The third-order valence-electron chi connectivity index (χ3n) is 1.44. The van der Waals surface area contributed by atoms with Crippen LogP contribution in [0.25, 0.3) is 0 Å². The molecule has 0 aromatic heterocycles. The average Bonchev–Trinajstić information content (AvgIpc) is 2.11. The summed E-state index contributed by atoms with van der Waals surface area (Å²) >= 11 is 0. The average molecular weight is 228 g/mol. The fraction of sp³-hybridized carbons (Fsp3) is 0.875. The van der Waals surface area contributed by atoms with Crippen LogP contribution in [0.15, 0.2) is 0 Å². The second-order valence-corrected chi connectivity index (χ2v) is 3.03. The number of amides is 1. The lowest BCUT2D eigenvalue weighted by Crippen LogP contribution is -2.43. The molecule has 1 amide bonds. The summed E-state index contributed by atoms with van der Waals surface area (Å²) in [5.41, 5.74) is 2.02. The molecule has 0 aromatic carbocycles. The lowest BCUT2D eigenvalue weighted by Gasteiger charge is -2.14. The van der Waals surface area contributed by atoms with E-state index < -0.39 is 18.8 Å². The lowest BCUT2D eigenvalue weighted by molar-refractivity contribution is -0.193. The normalized spacial score (nSPS) is 13.7. The van der Waals surface area contributed by atoms with E-state index in [9.17, 15) is 18.0 Å². The van der Waals surface area contributed by atoms with E-state index in [1.807, 2.05) is 12.4 Å². The van der Waals surface area contributed by atoms with E-state index in [1.165, 1.54) is 6.92 Å². The van der Waals surface area contributed by atoms with Crippen LogP contribution < -0.4 is 10.8 Å². The number of hydrogen-bond donors (Lipinski definition) is 2. The van der Waals surface area contributed by atoms with Gasteiger partial charge in [0.1, 0.15) is 6.04 Å². The molecule has 0 saturated heterocycles. The molecule has 0 heterocycles. The van der Waals surface area contributed by atoms with Crippen LogP contribution in [0.2, 0.25) is 0 Å². The second kappa shape index (κ2) is 6.62. The van der Waals surface area contributed by atoms with Gasteiger partial charge in [0.15, 0.2) is 6.61 Å². The van der Waals surface area contributed by atoms with Gasteiger partial charge in [0, 0.05) is 6.54 Å². The molecule has 1 unspecified atom stereocenters. The highest BCUT2D eigenvalue weighted by Gasteiger charge is 2.28. The molecule has 7 heteroatoms. The number of nitrogens with one attached hydrogen (secondary N) is 2. The van der Waals surface area contributed by atoms with Crippen molar-refractivity contribution in [2.45, 2.75) is 32.5 Å². The summed E-state index contributed by atoms with van der Waals surface area (Å²) in [4.78, 5) is 15.2. The molecule has 0 radical (unpaired) electrons. The maximum absolute atomic E-state index is 11.6. The number of rotatable bonds is 6. The Morgan fingerprint density at radius 1 is 1.47 bits per heavy atom. The monoisotopic (exact) mass is 228 g/mol. The van der Waals surface area contributed by atoms with E-state index in [1.54, 1.807) is 0 Å². The van der Waals surface area contributed by atoms with Crippen LogP contribution in [-0.4, -0.2) is 31.3 Å². The number of carbonyl (C=O) groups excluding carboxylic acids is 1. The maximum atomic E-state index is 11.6. The first kappa shape index (κ1) is 14.2. The predicted octanol–water partition coefficient (Wildman–Crippen LogP) is 0.985. The molecule has 1 atom stereocenters. The Morgan fingerprint density at radius 2 is 2.07 bits per heavy atom. The minimum Gasteiger partial charge on any atom is -0.355 e. The van der Waals surface area contributed by atoms with Gasteiger partial charge in [-0.25, -0.2) is 0 Å². The van der Waals surface area contributed by atoms with Gasteiger partial charge in [0.25, 0.3) is 0 Å². The smallest absolute Gasteiger partial charge is 0.355 e. The second-order valence-electron chi connectivity index (χ2n) is 3.03. The van der Waals surface area contributed by atoms with Crippen molar-refractivity contribution in [1.29, 1.82) is 0 Å². The Morgan fingerprint density at radius 3 is 2.53 bits per heavy atom. The molecule has 0 aliphatic rings. The molecule has 0 spiro atoms. The van der Waals surface area contributed by atoms with E-state index in [-0.39, 0.29) is 5.91 Å². The zero-order valence-corrected chi connectivity index (χ0v) is 8.65. The molecule has 15 heavy (non-hydrogen) atoms. The Labute approximate surface area is 86.1 Å². The van der Waals surface area contributed by atoms with Crippen LogP contribution >= 0.6 is 0 Å². The lowest BCUT2D eigenvalue weighted by atomic mass is 10.3. The van der Waals surface area contributed by atoms with Gasteiger partial charge in [-0.15, -0.1) is 0 Å². The molecule has 0 aliphatic heterocycles. The van der Waals surface area contributed by atoms with Gasteiger partial charge in [-0.2, -0.15) is 18.7 Å². The summed E-state index contributed by atoms with van der Waals surface area (Å²) in [6, 6.07) is -0.807. The highest BCUT2D eigenvalue weighted by atomic mass is 19.4. The van der Waals surface area contributed by atoms with Crippen LogP contribution in [-0.2, 0) is 9.63 Å². The summed E-state index contributed by atoms with van der Waals surface area (Å²) < 4.78 is 34.9. The van der Waals surface area contributed by atoms with E-state index in [0.717, 1.165) is 6.42 Å². The molecule has 0 aliphatic carbocycles. The summed E-state index contributed by atoms with van der Waals surface area (Å²) in [6.07, 6.45) is -3.63. The first-order valence-electron chi connectivity index (χ1n) is 4.58. The number of alkyl halides is 3. The van der Waals surface area contributed by atoms with E-state index in [0.29, 0.717) is 6.54 Å². The number of carbonyl (C=O) groups is 1. The third kappa shape index (κ3) is 8.19. The molecule has 0 saturated carbocycles. The van der Waals surface area contributed by atoms with Crippen LogP contribution in [0, 0.1) is 0 Å². The van der Waals surface area contributed by atoms with Crippen molar-refractivity contribution in [3.63, 3.8) is 0 Å². The highest BCUT2D eigenvalue weighted by Crippen LogP contribution is 2.13. The molecule has 0 aromatic rings. The maximum Gasteiger partial charge on any atom is 0.413 e. The molecule has 0 rings (SSSR count). The zero-order chi connectivity index (χ0) is 11.9. The number of halogens is 3. The van der Waals surface area contributed by atoms with E-state index in [4.69, 9.17) is 0 Å². The van der Waals surface area contributed by atoms with Gasteiger partial charge in [0.2, 0.25) is 5.91 Å². The summed E-state index contributed by atoms with van der Waals surface area (Å²) in [6.45, 7) is 2.36. The molecule has 0 fully saturated rings. The van der Waals surface area contributed by atoms with Gasteiger partial charge in [-0.1, -0.05) is 6.92 Å². The van der Waals surface area contributed by atoms with Gasteiger partial charge in [-0.05, 0) is 13.3 Å². The summed E-state index contributed by atoms with van der Waals surface area (Å²) in [5, 5.41) is 2.52. The van der Waals surface area contributed by atoms with Crippen LogP contribution in [0.5, 0.6) is 0 Å². The summed E-state index contributed by atoms with van der Waals surface area (Å²) in [7, 11) is 0. The van der Waals surface area contributed by atoms with Crippen molar-refractivity contribution in [2.75, 3.05) is 13.2 Å². The predicted molar refractivity (Wildman–Crippen MR) is 47.9 cm³/mol. The highest BCUT2D eigenvalue weighted by molar-refractivity contribution is 5.81. The van der Waals surface area contributed by atoms with Crippen LogP contribution in [0.1, 0.15) is 20.3 Å². The summed E-state index contributed by atoms with van der Waals surface area (Å²) in [5.74, 6) is -0.390. The molecular formula is C8H15F3N2O2. The van der Waals surface area contributed by atoms with Crippen molar-refractivity contribution < 1.29 is 22.8 Å². The number of hydroxylamine groups is 1. The van der Waals surface area contributed by atoms with Crippen molar-refractivity contribution in [1.82, 2.24) is 10.8 Å². The van der Waals surface area contributed by atoms with Gasteiger partial charge >= 0.3 is 6.18 Å². The van der Waals surface area contributed by atoms with Crippen molar-refractivity contribution in [3.8, 4) is 0 Å². The van der Waals surface area contributed by atoms with Gasteiger partial charge < -0.3 is 5.32 Å². The minimum atomic E-state index is -4.40. The minimum absolute atomic E-state index is 0.390. The molecule has 90 valence electrons. The first-order chi connectivity index (χ1) is 6.87. The van der Waals surface area contributed by atoms with E-state index >= 15 is 0 Å². The van der Waals surface area contributed by atoms with Crippen molar-refractivity contribution >= 4 is 5.91 Å². The van der Waals surface area contributed by atoms with Gasteiger partial charge in [0.05, 0.1) is 0 Å². The quantitative estimate of drug-likeness (QED) is 0.666. The molecular weight excluding hydrogens is 213 g/mol. The van der Waals surface area contributed by atoms with Crippen molar-refractivity contribution in [2.24, 2.45) is 0 Å². The van der Waals surface area contributed by atoms with E-state index in [2.05, 4.69) is 10.2 Å². The third-order valence-corrected chi connectivity index (χ3v) is 1.44. The Bertz CT molecular complexity index is 197. The first-order valence-corrected chi connectivity index (χ1v) is 4.58. The SMILES string of the molecule is CCCNC(=O)C(C)NOCC(F)(F)F.